The van der Waals surface area contributed by atoms with Crippen molar-refractivity contribution in [1.82, 2.24) is 10.6 Å². The third-order valence-electron chi connectivity index (χ3n) is 4.62. The fraction of sp³-hybridized carbons (Fsp3) is 0.632. The molecule has 1 aliphatic heterocycles. The number of methoxy groups -OCH3 is 1. The minimum atomic E-state index is 0. The third kappa shape index (κ3) is 7.97. The zero-order valence-corrected chi connectivity index (χ0v) is 16.1. The number of nitrogens with one attached hydrogen (secondary N) is 2. The van der Waals surface area contributed by atoms with Gasteiger partial charge in [0.25, 0.3) is 0 Å². The molecule has 1 aromatic rings. The highest BCUT2D eigenvalue weighted by Gasteiger charge is 2.21. The average Bonchev–Trinajstić information content (AvgIpc) is 2.62. The number of ether oxygens (including phenoxy) is 2. The fourth-order valence-electron chi connectivity index (χ4n) is 3.06. The van der Waals surface area contributed by atoms with Gasteiger partial charge in [-0.25, -0.2) is 0 Å². The summed E-state index contributed by atoms with van der Waals surface area (Å²) in [5, 5.41) is 6.41. The number of hydrogen-bond acceptors (Lipinski definition) is 4. The molecule has 1 amide bonds. The van der Waals surface area contributed by atoms with Crippen LogP contribution in [0.5, 0.6) is 11.5 Å². The molecule has 5 nitrogen and oxygen atoms in total. The standard InChI is InChI=1S/C19H30N2O3.ClH/c1-15(16-5-3-10-20-14-16)13-19(22)21-11-4-12-24-18-8-6-17(23-2)7-9-18;/h6-9,15-16,20H,3-5,10-14H2,1-2H3,(H,21,22);1H. The van der Waals surface area contributed by atoms with E-state index >= 15 is 0 Å². The molecule has 25 heavy (non-hydrogen) atoms. The SMILES string of the molecule is COc1ccc(OCCCNC(=O)CC(C)C2CCCNC2)cc1.Cl. The van der Waals surface area contributed by atoms with Gasteiger partial charge in [0, 0.05) is 13.0 Å². The van der Waals surface area contributed by atoms with Gasteiger partial charge in [-0.05, 0) is 68.5 Å². The molecule has 1 saturated heterocycles. The predicted molar refractivity (Wildman–Crippen MR) is 103 cm³/mol. The molecular formula is C19H31ClN2O3. The van der Waals surface area contributed by atoms with E-state index in [9.17, 15) is 4.79 Å². The molecule has 0 bridgehead atoms. The molecule has 2 unspecified atom stereocenters. The van der Waals surface area contributed by atoms with Crippen molar-refractivity contribution in [3.63, 3.8) is 0 Å². The number of carbonyl (C=O) groups is 1. The maximum Gasteiger partial charge on any atom is 0.220 e. The lowest BCUT2D eigenvalue weighted by Gasteiger charge is -2.28. The van der Waals surface area contributed by atoms with Gasteiger partial charge in [0.1, 0.15) is 11.5 Å². The lowest BCUT2D eigenvalue weighted by atomic mass is 9.85. The average molecular weight is 371 g/mol. The van der Waals surface area contributed by atoms with E-state index in [2.05, 4.69) is 17.6 Å². The molecule has 0 aromatic heterocycles. The van der Waals surface area contributed by atoms with Gasteiger partial charge in [-0.15, -0.1) is 12.4 Å². The Morgan fingerprint density at radius 1 is 1.32 bits per heavy atom. The third-order valence-corrected chi connectivity index (χ3v) is 4.62. The van der Waals surface area contributed by atoms with Crippen LogP contribution < -0.4 is 20.1 Å². The molecule has 1 heterocycles. The van der Waals surface area contributed by atoms with E-state index in [0.717, 1.165) is 31.0 Å². The van der Waals surface area contributed by atoms with Crippen molar-refractivity contribution >= 4 is 18.3 Å². The molecule has 0 saturated carbocycles. The van der Waals surface area contributed by atoms with Crippen LogP contribution in [0.3, 0.4) is 0 Å². The first-order valence-corrected chi connectivity index (χ1v) is 8.93. The molecule has 6 heteroatoms. The highest BCUT2D eigenvalue weighted by Crippen LogP contribution is 2.22. The Labute approximate surface area is 157 Å². The van der Waals surface area contributed by atoms with E-state index in [-0.39, 0.29) is 18.3 Å². The number of piperidine rings is 1. The smallest absolute Gasteiger partial charge is 0.220 e. The van der Waals surface area contributed by atoms with E-state index in [4.69, 9.17) is 9.47 Å². The second-order valence-electron chi connectivity index (χ2n) is 6.52. The number of carbonyl (C=O) groups excluding carboxylic acids is 1. The summed E-state index contributed by atoms with van der Waals surface area (Å²) < 4.78 is 10.8. The number of rotatable bonds is 9. The molecular weight excluding hydrogens is 340 g/mol. The molecule has 0 spiro atoms. The largest absolute Gasteiger partial charge is 0.497 e. The van der Waals surface area contributed by atoms with Gasteiger partial charge >= 0.3 is 0 Å². The molecule has 1 aromatic carbocycles. The molecule has 0 radical (unpaired) electrons. The first-order valence-electron chi connectivity index (χ1n) is 8.93. The number of benzene rings is 1. The molecule has 2 atom stereocenters. The summed E-state index contributed by atoms with van der Waals surface area (Å²) in [5.41, 5.74) is 0. The van der Waals surface area contributed by atoms with Crippen molar-refractivity contribution in [3.05, 3.63) is 24.3 Å². The Morgan fingerprint density at radius 3 is 2.68 bits per heavy atom. The second kappa shape index (κ2) is 12.0. The van der Waals surface area contributed by atoms with Gasteiger partial charge in [0.15, 0.2) is 0 Å². The summed E-state index contributed by atoms with van der Waals surface area (Å²) >= 11 is 0. The van der Waals surface area contributed by atoms with Crippen LogP contribution in [0.2, 0.25) is 0 Å². The Kier molecular flexibility index (Phi) is 10.3. The zero-order chi connectivity index (χ0) is 17.2. The molecule has 2 N–H and O–H groups in total. The summed E-state index contributed by atoms with van der Waals surface area (Å²) in [6, 6.07) is 7.52. The maximum atomic E-state index is 12.0. The van der Waals surface area contributed by atoms with Crippen LogP contribution in [0, 0.1) is 11.8 Å². The van der Waals surface area contributed by atoms with Gasteiger partial charge < -0.3 is 20.1 Å². The lowest BCUT2D eigenvalue weighted by Crippen LogP contribution is -2.35. The van der Waals surface area contributed by atoms with Crippen molar-refractivity contribution < 1.29 is 14.3 Å². The van der Waals surface area contributed by atoms with Gasteiger partial charge in [-0.2, -0.15) is 0 Å². The van der Waals surface area contributed by atoms with E-state index in [1.54, 1.807) is 7.11 Å². The van der Waals surface area contributed by atoms with Crippen molar-refractivity contribution in [2.24, 2.45) is 11.8 Å². The first-order chi connectivity index (χ1) is 11.7. The van der Waals surface area contributed by atoms with Crippen LogP contribution in [0.25, 0.3) is 0 Å². The summed E-state index contributed by atoms with van der Waals surface area (Å²) in [7, 11) is 1.64. The van der Waals surface area contributed by atoms with E-state index < -0.39 is 0 Å². The van der Waals surface area contributed by atoms with E-state index in [1.165, 1.54) is 12.8 Å². The number of halogens is 1. The first kappa shape index (κ1) is 21.6. The highest BCUT2D eigenvalue weighted by atomic mass is 35.5. The Bertz CT molecular complexity index is 490. The highest BCUT2D eigenvalue weighted by molar-refractivity contribution is 5.85. The van der Waals surface area contributed by atoms with E-state index in [1.807, 2.05) is 24.3 Å². The molecule has 1 aliphatic rings. The minimum absolute atomic E-state index is 0. The molecule has 2 rings (SSSR count). The van der Waals surface area contributed by atoms with Gasteiger partial charge in [0.05, 0.1) is 13.7 Å². The van der Waals surface area contributed by atoms with Crippen molar-refractivity contribution in [2.75, 3.05) is 33.4 Å². The summed E-state index contributed by atoms with van der Waals surface area (Å²) in [4.78, 5) is 12.0. The van der Waals surface area contributed by atoms with Gasteiger partial charge in [-0.1, -0.05) is 6.92 Å². The molecule has 142 valence electrons. The van der Waals surface area contributed by atoms with E-state index in [0.29, 0.717) is 31.4 Å². The Hall–Kier alpha value is -1.46. The monoisotopic (exact) mass is 370 g/mol. The molecule has 1 fully saturated rings. The lowest BCUT2D eigenvalue weighted by molar-refractivity contribution is -0.122. The summed E-state index contributed by atoms with van der Waals surface area (Å²) in [5.74, 6) is 2.85. The summed E-state index contributed by atoms with van der Waals surface area (Å²) in [6.45, 7) is 5.59. The van der Waals surface area contributed by atoms with Crippen molar-refractivity contribution in [3.8, 4) is 11.5 Å². The summed E-state index contributed by atoms with van der Waals surface area (Å²) in [6.07, 6.45) is 3.87. The Balaban J connectivity index is 0.00000312. The Morgan fingerprint density at radius 2 is 2.04 bits per heavy atom. The second-order valence-corrected chi connectivity index (χ2v) is 6.52. The van der Waals surface area contributed by atoms with Crippen LogP contribution in [-0.4, -0.2) is 39.3 Å². The van der Waals surface area contributed by atoms with Gasteiger partial charge in [0.2, 0.25) is 5.91 Å². The maximum absolute atomic E-state index is 12.0. The molecule has 0 aliphatic carbocycles. The van der Waals surface area contributed by atoms with Crippen LogP contribution in [0.4, 0.5) is 0 Å². The van der Waals surface area contributed by atoms with Crippen LogP contribution in [-0.2, 0) is 4.79 Å². The number of amides is 1. The fourth-order valence-corrected chi connectivity index (χ4v) is 3.06. The number of hydrogen-bond donors (Lipinski definition) is 2. The van der Waals surface area contributed by atoms with Crippen molar-refractivity contribution in [1.29, 1.82) is 0 Å². The zero-order valence-electron chi connectivity index (χ0n) is 15.3. The minimum Gasteiger partial charge on any atom is -0.497 e. The van der Waals surface area contributed by atoms with Crippen LogP contribution >= 0.6 is 12.4 Å². The quantitative estimate of drug-likeness (QED) is 0.656. The van der Waals surface area contributed by atoms with Gasteiger partial charge in [-0.3, -0.25) is 4.79 Å². The van der Waals surface area contributed by atoms with Crippen LogP contribution in [0.15, 0.2) is 24.3 Å². The van der Waals surface area contributed by atoms with Crippen LogP contribution in [0.1, 0.15) is 32.6 Å². The predicted octanol–water partition coefficient (Wildman–Crippen LogP) is 3.03. The normalized spacial score (nSPS) is 17.9. The van der Waals surface area contributed by atoms with Crippen molar-refractivity contribution in [2.45, 2.75) is 32.6 Å². The topological polar surface area (TPSA) is 59.6 Å².